The van der Waals surface area contributed by atoms with Crippen molar-refractivity contribution in [1.82, 2.24) is 4.72 Å². The van der Waals surface area contributed by atoms with E-state index in [0.29, 0.717) is 12.3 Å². The lowest BCUT2D eigenvalue weighted by Gasteiger charge is -2.43. The zero-order chi connectivity index (χ0) is 32.4. The predicted molar refractivity (Wildman–Crippen MR) is 166 cm³/mol. The number of thioether (sulfide) groups is 1. The molecule has 0 bridgehead atoms. The minimum atomic E-state index is -5.67. The van der Waals surface area contributed by atoms with Crippen LogP contribution in [0.4, 0.5) is 22.0 Å². The summed E-state index contributed by atoms with van der Waals surface area (Å²) in [5, 5.41) is 0. The van der Waals surface area contributed by atoms with Gasteiger partial charge in [0.15, 0.2) is 0 Å². The lowest BCUT2D eigenvalue weighted by Crippen LogP contribution is -2.37. The summed E-state index contributed by atoms with van der Waals surface area (Å²) in [5.41, 5.74) is 2.62. The molecule has 5 nitrogen and oxygen atoms in total. The van der Waals surface area contributed by atoms with Crippen LogP contribution in [-0.2, 0) is 15.4 Å². The number of halogens is 5. The fraction of sp³-hybridized carbons (Fsp3) is 0.625. The topological polar surface area (TPSA) is 64.6 Å². The highest BCUT2D eigenvalue weighted by molar-refractivity contribution is 7.99. The highest BCUT2D eigenvalue weighted by Crippen LogP contribution is 2.52. The average molecular weight is 666 g/mol. The van der Waals surface area contributed by atoms with Gasteiger partial charge >= 0.3 is 12.1 Å². The van der Waals surface area contributed by atoms with Gasteiger partial charge in [0, 0.05) is 29.0 Å². The number of nitrogens with one attached hydrogen (secondary N) is 1. The maximum Gasteiger partial charge on any atom is 0.453 e. The molecule has 0 aromatic heterocycles. The molecule has 2 aromatic rings. The van der Waals surface area contributed by atoms with Crippen LogP contribution in [0.1, 0.15) is 88.2 Å². The van der Waals surface area contributed by atoms with Crippen molar-refractivity contribution >= 4 is 21.8 Å². The molecule has 248 valence electrons. The summed E-state index contributed by atoms with van der Waals surface area (Å²) in [4.78, 5) is 1.27. The number of sulfonamides is 1. The van der Waals surface area contributed by atoms with Gasteiger partial charge in [-0.2, -0.15) is 22.0 Å². The van der Waals surface area contributed by atoms with Crippen molar-refractivity contribution in [2.75, 3.05) is 32.3 Å². The lowest BCUT2D eigenvalue weighted by atomic mass is 9.68. The van der Waals surface area contributed by atoms with Crippen molar-refractivity contribution in [2.45, 2.75) is 99.5 Å². The number of benzene rings is 2. The first-order valence-corrected chi connectivity index (χ1v) is 17.7. The Morgan fingerprint density at radius 1 is 0.864 bits per heavy atom. The highest BCUT2D eigenvalue weighted by Gasteiger charge is 2.56. The molecule has 0 amide bonds. The third kappa shape index (κ3) is 9.97. The first kappa shape index (κ1) is 36.4. The summed E-state index contributed by atoms with van der Waals surface area (Å²) >= 11 is 1.87. The minimum Gasteiger partial charge on any atom is -0.497 e. The Labute approximate surface area is 262 Å². The van der Waals surface area contributed by atoms with Crippen LogP contribution in [0, 0.1) is 0 Å². The summed E-state index contributed by atoms with van der Waals surface area (Å²) in [6, 6.07) is 14.8. The molecule has 0 fully saturated rings. The fourth-order valence-electron chi connectivity index (χ4n) is 5.74. The second-order valence-corrected chi connectivity index (χ2v) is 14.6. The van der Waals surface area contributed by atoms with Gasteiger partial charge in [0.1, 0.15) is 11.5 Å². The molecule has 12 heteroatoms. The largest absolute Gasteiger partial charge is 0.497 e. The Hall–Kier alpha value is -2.05. The van der Waals surface area contributed by atoms with Gasteiger partial charge in [-0.25, -0.2) is 13.1 Å². The molecular weight excluding hydrogens is 621 g/mol. The van der Waals surface area contributed by atoms with Gasteiger partial charge in [0.2, 0.25) is 10.0 Å². The van der Waals surface area contributed by atoms with Crippen LogP contribution in [0.5, 0.6) is 11.5 Å². The predicted octanol–water partition coefficient (Wildman–Crippen LogP) is 8.87. The Morgan fingerprint density at radius 3 is 2.07 bits per heavy atom. The number of hydrogen-bond donors (Lipinski definition) is 1. The van der Waals surface area contributed by atoms with E-state index in [0.717, 1.165) is 62.2 Å². The second-order valence-electron chi connectivity index (χ2n) is 11.7. The zero-order valence-corrected chi connectivity index (χ0v) is 27.3. The zero-order valence-electron chi connectivity index (χ0n) is 25.7. The summed E-state index contributed by atoms with van der Waals surface area (Å²) in [6.07, 6.45) is -0.347. The summed E-state index contributed by atoms with van der Waals surface area (Å²) in [6.45, 7) is 2.50. The van der Waals surface area contributed by atoms with E-state index in [1.165, 1.54) is 16.0 Å². The van der Waals surface area contributed by atoms with Crippen LogP contribution in [-0.4, -0.2) is 52.8 Å². The normalized spacial score (nSPS) is 19.0. The number of fused-ring (bicyclic) bond motifs is 1. The minimum absolute atomic E-state index is 0.0366. The van der Waals surface area contributed by atoms with Gasteiger partial charge in [-0.3, -0.25) is 0 Å². The van der Waals surface area contributed by atoms with E-state index >= 15 is 0 Å². The summed E-state index contributed by atoms with van der Waals surface area (Å²) in [5.74, 6) is -2.62. The van der Waals surface area contributed by atoms with E-state index in [1.54, 1.807) is 14.2 Å². The maximum atomic E-state index is 13.0. The van der Waals surface area contributed by atoms with Crippen molar-refractivity contribution in [3.8, 4) is 11.5 Å². The highest BCUT2D eigenvalue weighted by atomic mass is 32.2. The molecule has 3 rings (SSSR count). The van der Waals surface area contributed by atoms with Gasteiger partial charge in [0.25, 0.3) is 0 Å². The van der Waals surface area contributed by atoms with E-state index in [9.17, 15) is 30.4 Å². The second kappa shape index (κ2) is 16.0. The SMILES string of the molecule is COc1ccc(C2(C)CSc3cc(OC)ccc3C2CCCCCCCCCNS(=O)(=O)CCCC(F)(F)C(F)(F)F)cc1. The van der Waals surface area contributed by atoms with Crippen LogP contribution in [0.3, 0.4) is 0 Å². The molecule has 2 atom stereocenters. The summed E-state index contributed by atoms with van der Waals surface area (Å²) < 4.78 is 99.6. The molecule has 44 heavy (non-hydrogen) atoms. The molecule has 0 radical (unpaired) electrons. The monoisotopic (exact) mass is 665 g/mol. The smallest absolute Gasteiger partial charge is 0.453 e. The van der Waals surface area contributed by atoms with Crippen molar-refractivity contribution in [2.24, 2.45) is 0 Å². The third-order valence-corrected chi connectivity index (χ3v) is 11.3. The molecule has 1 aliphatic heterocycles. The quantitative estimate of drug-likeness (QED) is 0.127. The molecule has 0 saturated heterocycles. The van der Waals surface area contributed by atoms with Gasteiger partial charge in [0.05, 0.1) is 20.0 Å². The molecular formula is C32H44F5NO4S2. The number of rotatable bonds is 18. The third-order valence-electron chi connectivity index (χ3n) is 8.45. The van der Waals surface area contributed by atoms with Crippen molar-refractivity contribution in [3.05, 3.63) is 53.6 Å². The van der Waals surface area contributed by atoms with Gasteiger partial charge in [-0.05, 0) is 60.6 Å². The van der Waals surface area contributed by atoms with Crippen LogP contribution >= 0.6 is 11.8 Å². The number of alkyl halides is 5. The van der Waals surface area contributed by atoms with Crippen molar-refractivity contribution < 1.29 is 39.8 Å². The molecule has 2 unspecified atom stereocenters. The van der Waals surface area contributed by atoms with Gasteiger partial charge in [-0.1, -0.05) is 63.6 Å². The standard InChI is InChI=1S/C32H44F5NO4S2/c1-30(24-13-15-25(41-2)16-14-24)23-43-29-22-26(42-3)17-18-27(29)28(30)12-9-7-5-4-6-8-10-20-38-44(39,40)21-11-19-31(33,34)32(35,36)37/h13-18,22,28,38H,4-12,19-21,23H2,1-3H3. The summed E-state index contributed by atoms with van der Waals surface area (Å²) in [7, 11) is -0.533. The Balaban J connectivity index is 1.41. The number of methoxy groups -OCH3 is 2. The number of unbranched alkanes of at least 4 members (excludes halogenated alkanes) is 6. The van der Waals surface area contributed by atoms with Crippen molar-refractivity contribution in [1.29, 1.82) is 0 Å². The first-order chi connectivity index (χ1) is 20.7. The van der Waals surface area contributed by atoms with Gasteiger partial charge < -0.3 is 9.47 Å². The number of ether oxygens (including phenoxy) is 2. The van der Waals surface area contributed by atoms with Crippen LogP contribution in [0.2, 0.25) is 0 Å². The molecule has 2 aromatic carbocycles. The molecule has 1 aliphatic rings. The lowest BCUT2D eigenvalue weighted by molar-refractivity contribution is -0.284. The average Bonchev–Trinajstić information content (AvgIpc) is 2.98. The van der Waals surface area contributed by atoms with E-state index in [2.05, 4.69) is 35.9 Å². The van der Waals surface area contributed by atoms with Crippen LogP contribution in [0.25, 0.3) is 0 Å². The molecule has 1 N–H and O–H groups in total. The van der Waals surface area contributed by atoms with Crippen molar-refractivity contribution in [3.63, 3.8) is 0 Å². The Kier molecular flexibility index (Phi) is 13.2. The Bertz CT molecular complexity index is 1290. The molecule has 0 saturated carbocycles. The van der Waals surface area contributed by atoms with Crippen LogP contribution < -0.4 is 14.2 Å². The Morgan fingerprint density at radius 2 is 1.45 bits per heavy atom. The van der Waals surface area contributed by atoms with Crippen LogP contribution in [0.15, 0.2) is 47.4 Å². The van der Waals surface area contributed by atoms with E-state index < -0.39 is 40.7 Å². The fourth-order valence-corrected chi connectivity index (χ4v) is 8.26. The molecule has 1 heterocycles. The molecule has 0 spiro atoms. The van der Waals surface area contributed by atoms with E-state index in [1.807, 2.05) is 30.0 Å². The van der Waals surface area contributed by atoms with Gasteiger partial charge in [-0.15, -0.1) is 11.8 Å². The van der Waals surface area contributed by atoms with E-state index in [4.69, 9.17) is 9.47 Å². The maximum absolute atomic E-state index is 13.0. The number of hydrogen-bond acceptors (Lipinski definition) is 5. The van der Waals surface area contributed by atoms with E-state index in [-0.39, 0.29) is 12.0 Å². The molecule has 0 aliphatic carbocycles. The first-order valence-electron chi connectivity index (χ1n) is 15.1.